The second-order valence-electron chi connectivity index (χ2n) is 5.91. The summed E-state index contributed by atoms with van der Waals surface area (Å²) in [6.45, 7) is 6.53. The maximum atomic E-state index is 12.5. The van der Waals surface area contributed by atoms with Crippen LogP contribution < -0.4 is 5.32 Å². The van der Waals surface area contributed by atoms with Crippen LogP contribution in [0.1, 0.15) is 59.3 Å². The third-order valence-corrected chi connectivity index (χ3v) is 4.16. The Bertz CT molecular complexity index is 232. The molecule has 1 N–H and O–H groups in total. The summed E-state index contributed by atoms with van der Waals surface area (Å²) < 4.78 is 37.6. The first-order valence-corrected chi connectivity index (χ1v) is 7.15. The molecule has 0 radical (unpaired) electrons. The number of hydrogen-bond donors (Lipinski definition) is 1. The molecule has 0 aromatic heterocycles. The normalized spacial score (nSPS) is 29.0. The van der Waals surface area contributed by atoms with E-state index in [0.29, 0.717) is 24.8 Å². The fraction of sp³-hybridized carbons (Fsp3) is 1.00. The molecule has 0 heterocycles. The van der Waals surface area contributed by atoms with Crippen molar-refractivity contribution in [3.05, 3.63) is 0 Å². The summed E-state index contributed by atoms with van der Waals surface area (Å²) in [6.07, 6.45) is 0.175. The summed E-state index contributed by atoms with van der Waals surface area (Å²) in [5.41, 5.74) is 0. The molecule has 1 nitrogen and oxygen atoms in total. The predicted octanol–water partition coefficient (Wildman–Crippen LogP) is 4.52. The summed E-state index contributed by atoms with van der Waals surface area (Å²) in [7, 11) is 0. The first-order valence-electron chi connectivity index (χ1n) is 7.15. The molecule has 1 rings (SSSR count). The van der Waals surface area contributed by atoms with Gasteiger partial charge in [0.15, 0.2) is 0 Å². The molecule has 0 saturated heterocycles. The average molecular weight is 265 g/mol. The van der Waals surface area contributed by atoms with Gasteiger partial charge >= 0.3 is 6.18 Å². The van der Waals surface area contributed by atoms with E-state index in [2.05, 4.69) is 26.1 Å². The standard InChI is InChI=1S/C14H26F3N/c1-4-10(2)9-11(3)18-13-7-5-12(6-8-13)14(15,16)17/h10-13,18H,4-9H2,1-3H3. The minimum Gasteiger partial charge on any atom is -0.311 e. The number of halogens is 3. The Morgan fingerprint density at radius 2 is 1.67 bits per heavy atom. The number of hydrogen-bond acceptors (Lipinski definition) is 1. The van der Waals surface area contributed by atoms with Gasteiger partial charge in [0, 0.05) is 12.1 Å². The van der Waals surface area contributed by atoms with Crippen molar-refractivity contribution in [2.45, 2.75) is 77.6 Å². The summed E-state index contributed by atoms with van der Waals surface area (Å²) >= 11 is 0. The van der Waals surface area contributed by atoms with Crippen LogP contribution >= 0.6 is 0 Å². The highest BCUT2D eigenvalue weighted by Gasteiger charge is 2.41. The Labute approximate surface area is 109 Å². The van der Waals surface area contributed by atoms with E-state index >= 15 is 0 Å². The maximum absolute atomic E-state index is 12.5. The van der Waals surface area contributed by atoms with E-state index in [1.807, 2.05) is 0 Å². The largest absolute Gasteiger partial charge is 0.391 e. The first-order chi connectivity index (χ1) is 8.32. The van der Waals surface area contributed by atoms with Crippen LogP contribution in [0.25, 0.3) is 0 Å². The van der Waals surface area contributed by atoms with E-state index in [-0.39, 0.29) is 18.9 Å². The molecule has 1 aliphatic carbocycles. The lowest BCUT2D eigenvalue weighted by molar-refractivity contribution is -0.182. The van der Waals surface area contributed by atoms with Crippen molar-refractivity contribution < 1.29 is 13.2 Å². The average Bonchev–Trinajstić information content (AvgIpc) is 2.28. The van der Waals surface area contributed by atoms with E-state index < -0.39 is 12.1 Å². The molecule has 1 fully saturated rings. The summed E-state index contributed by atoms with van der Waals surface area (Å²) in [4.78, 5) is 0. The highest BCUT2D eigenvalue weighted by molar-refractivity contribution is 4.82. The zero-order chi connectivity index (χ0) is 13.8. The Kier molecular flexibility index (Phi) is 5.96. The molecule has 1 saturated carbocycles. The molecule has 0 aromatic rings. The minimum absolute atomic E-state index is 0.280. The van der Waals surface area contributed by atoms with Gasteiger partial charge in [-0.1, -0.05) is 20.3 Å². The lowest BCUT2D eigenvalue weighted by Gasteiger charge is -2.32. The van der Waals surface area contributed by atoms with E-state index in [1.165, 1.54) is 0 Å². The van der Waals surface area contributed by atoms with E-state index in [4.69, 9.17) is 0 Å². The van der Waals surface area contributed by atoms with Gasteiger partial charge in [0.25, 0.3) is 0 Å². The third kappa shape index (κ3) is 5.17. The molecule has 2 atom stereocenters. The van der Waals surface area contributed by atoms with Crippen LogP contribution in [-0.2, 0) is 0 Å². The van der Waals surface area contributed by atoms with Crippen molar-refractivity contribution in [1.29, 1.82) is 0 Å². The number of alkyl halides is 3. The number of nitrogens with one attached hydrogen (secondary N) is 1. The first kappa shape index (κ1) is 15.8. The lowest BCUT2D eigenvalue weighted by Crippen LogP contribution is -2.41. The van der Waals surface area contributed by atoms with Crippen molar-refractivity contribution in [3.63, 3.8) is 0 Å². The molecule has 2 unspecified atom stereocenters. The summed E-state index contributed by atoms with van der Waals surface area (Å²) in [5.74, 6) is -0.389. The van der Waals surface area contributed by atoms with Crippen LogP contribution in [0.5, 0.6) is 0 Å². The van der Waals surface area contributed by atoms with Gasteiger partial charge in [0.2, 0.25) is 0 Å². The highest BCUT2D eigenvalue weighted by Crippen LogP contribution is 2.37. The van der Waals surface area contributed by atoms with Gasteiger partial charge < -0.3 is 5.32 Å². The molecule has 4 heteroatoms. The van der Waals surface area contributed by atoms with Gasteiger partial charge in [-0.25, -0.2) is 0 Å². The Hall–Kier alpha value is -0.250. The molecular weight excluding hydrogens is 239 g/mol. The number of rotatable bonds is 5. The van der Waals surface area contributed by atoms with E-state index in [9.17, 15) is 13.2 Å². The van der Waals surface area contributed by atoms with Gasteiger partial charge in [-0.15, -0.1) is 0 Å². The molecule has 108 valence electrons. The van der Waals surface area contributed by atoms with Crippen molar-refractivity contribution in [3.8, 4) is 0 Å². The molecule has 0 spiro atoms. The molecule has 0 bridgehead atoms. The van der Waals surface area contributed by atoms with Gasteiger partial charge in [0.1, 0.15) is 0 Å². The fourth-order valence-corrected chi connectivity index (χ4v) is 2.83. The van der Waals surface area contributed by atoms with Crippen molar-refractivity contribution in [1.82, 2.24) is 5.32 Å². The topological polar surface area (TPSA) is 12.0 Å². The Morgan fingerprint density at radius 1 is 1.11 bits per heavy atom. The monoisotopic (exact) mass is 265 g/mol. The van der Waals surface area contributed by atoms with Crippen LogP contribution in [-0.4, -0.2) is 18.3 Å². The lowest BCUT2D eigenvalue weighted by atomic mass is 9.85. The predicted molar refractivity (Wildman–Crippen MR) is 68.5 cm³/mol. The SMILES string of the molecule is CCC(C)CC(C)NC1CCC(C(F)(F)F)CC1. The molecular formula is C14H26F3N. The molecule has 0 amide bonds. The molecule has 0 aromatic carbocycles. The van der Waals surface area contributed by atoms with Gasteiger partial charge in [-0.2, -0.15) is 13.2 Å². The van der Waals surface area contributed by atoms with Crippen molar-refractivity contribution >= 4 is 0 Å². The van der Waals surface area contributed by atoms with Gasteiger partial charge in [-0.05, 0) is 44.9 Å². The van der Waals surface area contributed by atoms with E-state index in [0.717, 1.165) is 12.8 Å². The molecule has 18 heavy (non-hydrogen) atoms. The Balaban J connectivity index is 2.27. The Morgan fingerprint density at radius 3 is 2.11 bits per heavy atom. The van der Waals surface area contributed by atoms with Gasteiger partial charge in [0.05, 0.1) is 5.92 Å². The van der Waals surface area contributed by atoms with Crippen LogP contribution in [0.15, 0.2) is 0 Å². The minimum atomic E-state index is -3.99. The second kappa shape index (κ2) is 6.78. The van der Waals surface area contributed by atoms with Crippen LogP contribution in [0.2, 0.25) is 0 Å². The summed E-state index contributed by atoms with van der Waals surface area (Å²) in [6, 6.07) is 0.690. The van der Waals surface area contributed by atoms with Crippen LogP contribution in [0, 0.1) is 11.8 Å². The smallest absolute Gasteiger partial charge is 0.311 e. The van der Waals surface area contributed by atoms with Crippen LogP contribution in [0.4, 0.5) is 13.2 Å². The fourth-order valence-electron chi connectivity index (χ4n) is 2.83. The molecule has 0 aliphatic heterocycles. The van der Waals surface area contributed by atoms with Crippen molar-refractivity contribution in [2.24, 2.45) is 11.8 Å². The summed E-state index contributed by atoms with van der Waals surface area (Å²) in [5, 5.41) is 3.49. The van der Waals surface area contributed by atoms with Gasteiger partial charge in [-0.3, -0.25) is 0 Å². The van der Waals surface area contributed by atoms with Crippen molar-refractivity contribution in [2.75, 3.05) is 0 Å². The zero-order valence-corrected chi connectivity index (χ0v) is 11.7. The second-order valence-corrected chi connectivity index (χ2v) is 5.91. The van der Waals surface area contributed by atoms with Crippen LogP contribution in [0.3, 0.4) is 0 Å². The highest BCUT2D eigenvalue weighted by atomic mass is 19.4. The van der Waals surface area contributed by atoms with E-state index in [1.54, 1.807) is 0 Å². The third-order valence-electron chi connectivity index (χ3n) is 4.16. The zero-order valence-electron chi connectivity index (χ0n) is 11.7. The molecule has 1 aliphatic rings. The quantitative estimate of drug-likeness (QED) is 0.770. The maximum Gasteiger partial charge on any atom is 0.391 e.